The molecule has 1 saturated carbocycles. The number of amides is 1. The molecule has 0 spiro atoms. The van der Waals surface area contributed by atoms with Gasteiger partial charge in [-0.25, -0.2) is 14.3 Å². The number of aromatic amines is 1. The summed E-state index contributed by atoms with van der Waals surface area (Å²) in [6.45, 7) is 0. The van der Waals surface area contributed by atoms with Crippen molar-refractivity contribution in [2.75, 3.05) is 0 Å². The van der Waals surface area contributed by atoms with Gasteiger partial charge < -0.3 is 15.4 Å². The summed E-state index contributed by atoms with van der Waals surface area (Å²) in [5.74, 6) is -1.34. The SMILES string of the molecule is O=C(N[C@@H](Cc1c[nH]c2ccccc12)C(=O)O)c1cnn2c(C3CCCCC3)c(-c3ccc(Cl)cc3)cnc12. The second kappa shape index (κ2) is 10.5. The summed E-state index contributed by atoms with van der Waals surface area (Å²) in [5, 5.41) is 18.8. The molecule has 6 rings (SSSR count). The highest BCUT2D eigenvalue weighted by Gasteiger charge is 2.28. The van der Waals surface area contributed by atoms with Crippen molar-refractivity contribution in [1.82, 2.24) is 24.9 Å². The molecule has 8 nitrogen and oxygen atoms in total. The molecule has 1 atom stereocenters. The van der Waals surface area contributed by atoms with Gasteiger partial charge in [0.05, 0.1) is 11.9 Å². The average Bonchev–Trinajstić information content (AvgIpc) is 3.57. The van der Waals surface area contributed by atoms with E-state index in [9.17, 15) is 14.7 Å². The van der Waals surface area contributed by atoms with E-state index in [-0.39, 0.29) is 17.9 Å². The van der Waals surface area contributed by atoms with Crippen molar-refractivity contribution in [2.24, 2.45) is 0 Å². The Bertz CT molecular complexity index is 1670. The van der Waals surface area contributed by atoms with Crippen LogP contribution < -0.4 is 5.32 Å². The van der Waals surface area contributed by atoms with E-state index < -0.39 is 17.9 Å². The first-order chi connectivity index (χ1) is 19.0. The van der Waals surface area contributed by atoms with Gasteiger partial charge in [-0.05, 0) is 42.2 Å². The second-order valence-corrected chi connectivity index (χ2v) is 10.6. The van der Waals surface area contributed by atoms with Gasteiger partial charge in [0.2, 0.25) is 0 Å². The highest BCUT2D eigenvalue weighted by atomic mass is 35.5. The van der Waals surface area contributed by atoms with Crippen LogP contribution in [0.4, 0.5) is 0 Å². The Kier molecular flexibility index (Phi) is 6.79. The van der Waals surface area contributed by atoms with E-state index in [0.717, 1.165) is 59.0 Å². The fourth-order valence-electron chi connectivity index (χ4n) is 5.69. The summed E-state index contributed by atoms with van der Waals surface area (Å²) < 4.78 is 1.77. The number of carboxylic acids is 1. The van der Waals surface area contributed by atoms with E-state index in [4.69, 9.17) is 11.6 Å². The fraction of sp³-hybridized carbons (Fsp3) is 0.267. The van der Waals surface area contributed by atoms with Crippen LogP contribution in [-0.4, -0.2) is 42.6 Å². The van der Waals surface area contributed by atoms with Crippen LogP contribution >= 0.6 is 11.6 Å². The third kappa shape index (κ3) is 4.88. The molecule has 1 amide bonds. The van der Waals surface area contributed by atoms with Gasteiger partial charge in [0.15, 0.2) is 5.65 Å². The Morgan fingerprint density at radius 2 is 1.85 bits per heavy atom. The number of H-pyrrole nitrogens is 1. The van der Waals surface area contributed by atoms with Crippen molar-refractivity contribution >= 4 is 40.0 Å². The lowest BCUT2D eigenvalue weighted by Gasteiger charge is -2.25. The van der Waals surface area contributed by atoms with Gasteiger partial charge in [-0.3, -0.25) is 4.79 Å². The Balaban J connectivity index is 1.34. The van der Waals surface area contributed by atoms with E-state index in [1.807, 2.05) is 48.5 Å². The Labute approximate surface area is 230 Å². The predicted octanol–water partition coefficient (Wildman–Crippen LogP) is 6.00. The van der Waals surface area contributed by atoms with Crippen molar-refractivity contribution in [3.8, 4) is 11.1 Å². The molecule has 2 aromatic carbocycles. The summed E-state index contributed by atoms with van der Waals surface area (Å²) >= 11 is 6.14. The number of fused-ring (bicyclic) bond motifs is 2. The van der Waals surface area contributed by atoms with Crippen LogP contribution in [0.2, 0.25) is 5.02 Å². The Morgan fingerprint density at radius 1 is 1.08 bits per heavy atom. The molecule has 0 saturated heterocycles. The van der Waals surface area contributed by atoms with Crippen LogP contribution in [0.5, 0.6) is 0 Å². The smallest absolute Gasteiger partial charge is 0.326 e. The van der Waals surface area contributed by atoms with Crippen LogP contribution in [0.15, 0.2) is 67.1 Å². The highest BCUT2D eigenvalue weighted by Crippen LogP contribution is 2.38. The van der Waals surface area contributed by atoms with Crippen molar-refractivity contribution in [1.29, 1.82) is 0 Å². The largest absolute Gasteiger partial charge is 0.480 e. The quantitative estimate of drug-likeness (QED) is 0.234. The minimum absolute atomic E-state index is 0.145. The first-order valence-electron chi connectivity index (χ1n) is 13.2. The summed E-state index contributed by atoms with van der Waals surface area (Å²) in [7, 11) is 0. The zero-order valence-electron chi connectivity index (χ0n) is 21.2. The van der Waals surface area contributed by atoms with E-state index in [0.29, 0.717) is 10.7 Å². The van der Waals surface area contributed by atoms with Crippen LogP contribution in [0.1, 0.15) is 59.6 Å². The number of nitrogens with zero attached hydrogens (tertiary/aromatic N) is 3. The molecule has 3 heterocycles. The van der Waals surface area contributed by atoms with Crippen LogP contribution in [0.3, 0.4) is 0 Å². The molecule has 0 radical (unpaired) electrons. The van der Waals surface area contributed by atoms with Crippen molar-refractivity contribution in [3.05, 3.63) is 89.0 Å². The lowest BCUT2D eigenvalue weighted by atomic mass is 9.84. The number of halogens is 1. The number of aromatic nitrogens is 4. The monoisotopic (exact) mass is 541 g/mol. The fourth-order valence-corrected chi connectivity index (χ4v) is 5.81. The third-order valence-corrected chi connectivity index (χ3v) is 7.91. The number of benzene rings is 2. The average molecular weight is 542 g/mol. The molecule has 0 aliphatic heterocycles. The van der Waals surface area contributed by atoms with Gasteiger partial charge in [-0.1, -0.05) is 61.2 Å². The normalized spacial score (nSPS) is 15.0. The first-order valence-corrected chi connectivity index (χ1v) is 13.6. The van der Waals surface area contributed by atoms with Gasteiger partial charge >= 0.3 is 5.97 Å². The van der Waals surface area contributed by atoms with Gasteiger partial charge in [-0.2, -0.15) is 5.10 Å². The molecule has 198 valence electrons. The molecule has 1 fully saturated rings. The summed E-state index contributed by atoms with van der Waals surface area (Å²) in [6.07, 6.45) is 10.8. The van der Waals surface area contributed by atoms with Crippen LogP contribution in [0, 0.1) is 0 Å². The summed E-state index contributed by atoms with van der Waals surface area (Å²) in [4.78, 5) is 33.4. The number of nitrogens with one attached hydrogen (secondary N) is 2. The molecule has 39 heavy (non-hydrogen) atoms. The molecule has 3 N–H and O–H groups in total. The van der Waals surface area contributed by atoms with Gasteiger partial charge in [0.25, 0.3) is 5.91 Å². The van der Waals surface area contributed by atoms with Gasteiger partial charge in [0, 0.05) is 46.2 Å². The van der Waals surface area contributed by atoms with E-state index in [2.05, 4.69) is 20.4 Å². The molecule has 3 aromatic heterocycles. The Morgan fingerprint density at radius 3 is 2.62 bits per heavy atom. The van der Waals surface area contributed by atoms with E-state index in [1.54, 1.807) is 16.9 Å². The molecule has 1 aliphatic carbocycles. The molecular weight excluding hydrogens is 514 g/mol. The number of aliphatic carboxylic acids is 1. The molecule has 1 aliphatic rings. The highest BCUT2D eigenvalue weighted by molar-refractivity contribution is 6.30. The third-order valence-electron chi connectivity index (χ3n) is 7.66. The number of hydrogen-bond acceptors (Lipinski definition) is 4. The van der Waals surface area contributed by atoms with Crippen molar-refractivity contribution in [2.45, 2.75) is 50.5 Å². The topological polar surface area (TPSA) is 112 Å². The molecule has 5 aromatic rings. The number of rotatable bonds is 7. The van der Waals surface area contributed by atoms with Crippen LogP contribution in [0.25, 0.3) is 27.7 Å². The maximum atomic E-state index is 13.4. The number of hydrogen-bond donors (Lipinski definition) is 3. The molecule has 9 heteroatoms. The summed E-state index contributed by atoms with van der Waals surface area (Å²) in [5.41, 5.74) is 5.38. The van der Waals surface area contributed by atoms with Crippen LogP contribution in [-0.2, 0) is 11.2 Å². The Hall–Kier alpha value is -4.17. The predicted molar refractivity (Wildman–Crippen MR) is 150 cm³/mol. The second-order valence-electron chi connectivity index (χ2n) is 10.1. The number of carbonyl (C=O) groups is 2. The van der Waals surface area contributed by atoms with Crippen molar-refractivity contribution in [3.63, 3.8) is 0 Å². The maximum Gasteiger partial charge on any atom is 0.326 e. The molecular formula is C30H28ClN5O3. The lowest BCUT2D eigenvalue weighted by molar-refractivity contribution is -0.139. The summed E-state index contributed by atoms with van der Waals surface area (Å²) in [6, 6.07) is 14.2. The number of carboxylic acid groups (broad SMARTS) is 1. The zero-order chi connectivity index (χ0) is 26.9. The minimum Gasteiger partial charge on any atom is -0.480 e. The lowest BCUT2D eigenvalue weighted by Crippen LogP contribution is -2.42. The first kappa shape index (κ1) is 25.1. The van der Waals surface area contributed by atoms with E-state index >= 15 is 0 Å². The zero-order valence-corrected chi connectivity index (χ0v) is 22.0. The molecule has 0 bridgehead atoms. The number of carbonyl (C=O) groups excluding carboxylic acids is 1. The number of para-hydroxylation sites is 1. The maximum absolute atomic E-state index is 13.4. The van der Waals surface area contributed by atoms with E-state index in [1.165, 1.54) is 12.6 Å². The van der Waals surface area contributed by atoms with Crippen molar-refractivity contribution < 1.29 is 14.7 Å². The minimum atomic E-state index is -1.11. The standard InChI is InChI=1S/C30H28ClN5O3/c31-21-12-10-18(11-13-21)23-16-33-28-24(17-34-36(28)27(23)19-6-2-1-3-7-19)29(37)35-26(30(38)39)14-20-15-32-25-9-5-4-8-22(20)25/h4-5,8-13,15-17,19,26,32H,1-3,6-7,14H2,(H,35,37)(H,38,39)/t26-/m0/s1. The van der Waals surface area contributed by atoms with Gasteiger partial charge in [0.1, 0.15) is 11.6 Å². The molecule has 0 unspecified atom stereocenters. The van der Waals surface area contributed by atoms with Gasteiger partial charge in [-0.15, -0.1) is 0 Å².